The zero-order valence-electron chi connectivity index (χ0n) is 6.87. The maximum absolute atomic E-state index is 7.22. The Morgan fingerprint density at radius 3 is 3.08 bits per heavy atom. The molecule has 1 aromatic rings. The summed E-state index contributed by atoms with van der Waals surface area (Å²) in [6, 6.07) is 1.66. The number of amidine groups is 1. The van der Waals surface area contributed by atoms with Crippen molar-refractivity contribution < 1.29 is 4.74 Å². The molecule has 4 nitrogen and oxygen atoms in total. The molecule has 0 unspecified atom stereocenters. The molecule has 1 rings (SSSR count). The zero-order valence-corrected chi connectivity index (χ0v) is 6.87. The van der Waals surface area contributed by atoms with Crippen molar-refractivity contribution in [3.8, 4) is 5.75 Å². The summed E-state index contributed by atoms with van der Waals surface area (Å²) in [5, 5.41) is 7.22. The lowest BCUT2D eigenvalue weighted by Gasteiger charge is -2.06. The van der Waals surface area contributed by atoms with Crippen molar-refractivity contribution in [1.29, 1.82) is 5.41 Å². The SMILES string of the molecule is CCOc1cnccc1C(=N)N. The molecule has 0 aliphatic carbocycles. The maximum atomic E-state index is 7.22. The predicted octanol–water partition coefficient (Wildman–Crippen LogP) is 0.764. The van der Waals surface area contributed by atoms with Crippen molar-refractivity contribution in [2.45, 2.75) is 6.92 Å². The topological polar surface area (TPSA) is 72.0 Å². The second-order valence-corrected chi connectivity index (χ2v) is 2.22. The molecular formula is C8H11N3O. The van der Waals surface area contributed by atoms with Gasteiger partial charge in [-0.05, 0) is 13.0 Å². The van der Waals surface area contributed by atoms with Crippen LogP contribution in [0, 0.1) is 5.41 Å². The van der Waals surface area contributed by atoms with E-state index < -0.39 is 0 Å². The molecule has 0 bridgehead atoms. The Kier molecular flexibility index (Phi) is 2.63. The van der Waals surface area contributed by atoms with Gasteiger partial charge in [0.2, 0.25) is 0 Å². The maximum Gasteiger partial charge on any atom is 0.148 e. The predicted molar refractivity (Wildman–Crippen MR) is 46.4 cm³/mol. The van der Waals surface area contributed by atoms with Crippen LogP contribution < -0.4 is 10.5 Å². The molecule has 12 heavy (non-hydrogen) atoms. The van der Waals surface area contributed by atoms with Crippen molar-refractivity contribution in [2.75, 3.05) is 6.61 Å². The average Bonchev–Trinajstić information content (AvgIpc) is 2.05. The molecule has 0 saturated heterocycles. The number of rotatable bonds is 3. The van der Waals surface area contributed by atoms with Crippen molar-refractivity contribution in [3.63, 3.8) is 0 Å². The van der Waals surface area contributed by atoms with Crippen LogP contribution in [0.25, 0.3) is 0 Å². The molecule has 0 fully saturated rings. The molecule has 3 N–H and O–H groups in total. The molecule has 0 aliphatic heterocycles. The lowest BCUT2D eigenvalue weighted by molar-refractivity contribution is 0.338. The van der Waals surface area contributed by atoms with Gasteiger partial charge in [-0.25, -0.2) is 0 Å². The van der Waals surface area contributed by atoms with E-state index in [2.05, 4.69) is 4.98 Å². The van der Waals surface area contributed by atoms with Gasteiger partial charge in [0.15, 0.2) is 0 Å². The minimum absolute atomic E-state index is 0.000787. The normalized spacial score (nSPS) is 9.42. The van der Waals surface area contributed by atoms with Gasteiger partial charge in [-0.3, -0.25) is 10.4 Å². The number of pyridine rings is 1. The van der Waals surface area contributed by atoms with Crippen LogP contribution in [0.5, 0.6) is 5.75 Å². The third-order valence-electron chi connectivity index (χ3n) is 1.37. The summed E-state index contributed by atoms with van der Waals surface area (Å²) in [6.07, 6.45) is 3.14. The summed E-state index contributed by atoms with van der Waals surface area (Å²) in [6.45, 7) is 2.42. The lowest BCUT2D eigenvalue weighted by atomic mass is 10.2. The first-order valence-electron chi connectivity index (χ1n) is 3.67. The van der Waals surface area contributed by atoms with Gasteiger partial charge < -0.3 is 10.5 Å². The summed E-state index contributed by atoms with van der Waals surface area (Å²) < 4.78 is 5.21. The Hall–Kier alpha value is -1.58. The van der Waals surface area contributed by atoms with Crippen molar-refractivity contribution in [2.24, 2.45) is 5.73 Å². The Bertz CT molecular complexity index is 285. The van der Waals surface area contributed by atoms with E-state index in [1.54, 1.807) is 18.5 Å². The molecule has 1 heterocycles. The van der Waals surface area contributed by atoms with Crippen LogP contribution >= 0.6 is 0 Å². The van der Waals surface area contributed by atoms with Gasteiger partial charge in [0.05, 0.1) is 18.4 Å². The van der Waals surface area contributed by atoms with E-state index in [0.29, 0.717) is 17.9 Å². The van der Waals surface area contributed by atoms with Crippen LogP contribution in [-0.2, 0) is 0 Å². The fourth-order valence-electron chi connectivity index (χ4n) is 0.873. The number of hydrogen-bond acceptors (Lipinski definition) is 3. The lowest BCUT2D eigenvalue weighted by Crippen LogP contribution is -2.13. The van der Waals surface area contributed by atoms with Gasteiger partial charge in [-0.15, -0.1) is 0 Å². The van der Waals surface area contributed by atoms with Gasteiger partial charge >= 0.3 is 0 Å². The molecule has 0 aromatic carbocycles. The third-order valence-corrected chi connectivity index (χ3v) is 1.37. The molecule has 0 radical (unpaired) electrons. The monoisotopic (exact) mass is 165 g/mol. The van der Waals surface area contributed by atoms with Gasteiger partial charge in [0.1, 0.15) is 11.6 Å². The van der Waals surface area contributed by atoms with Gasteiger partial charge in [0.25, 0.3) is 0 Å². The van der Waals surface area contributed by atoms with E-state index in [9.17, 15) is 0 Å². The number of nitrogen functional groups attached to an aromatic ring is 1. The molecule has 0 atom stereocenters. The third kappa shape index (κ3) is 1.72. The van der Waals surface area contributed by atoms with Crippen LogP contribution in [0.4, 0.5) is 0 Å². The van der Waals surface area contributed by atoms with E-state index in [1.807, 2.05) is 6.92 Å². The van der Waals surface area contributed by atoms with Gasteiger partial charge in [-0.1, -0.05) is 0 Å². The fourth-order valence-corrected chi connectivity index (χ4v) is 0.873. The van der Waals surface area contributed by atoms with Crippen LogP contribution in [0.1, 0.15) is 12.5 Å². The number of nitrogens with one attached hydrogen (secondary N) is 1. The van der Waals surface area contributed by atoms with E-state index in [1.165, 1.54) is 0 Å². The number of ether oxygens (including phenoxy) is 1. The summed E-state index contributed by atoms with van der Waals surface area (Å²) in [7, 11) is 0. The molecular weight excluding hydrogens is 154 g/mol. The highest BCUT2D eigenvalue weighted by molar-refractivity contribution is 5.97. The van der Waals surface area contributed by atoms with E-state index in [0.717, 1.165) is 0 Å². The molecule has 0 amide bonds. The summed E-state index contributed by atoms with van der Waals surface area (Å²) in [5.74, 6) is 0.563. The van der Waals surface area contributed by atoms with Gasteiger partial charge in [-0.2, -0.15) is 0 Å². The standard InChI is InChI=1S/C8H11N3O/c1-2-12-7-5-11-4-3-6(7)8(9)10/h3-5H,2H2,1H3,(H3,9,10). The first kappa shape index (κ1) is 8.52. The van der Waals surface area contributed by atoms with Crippen LogP contribution in [0.2, 0.25) is 0 Å². The Balaban J connectivity index is 3.00. The first-order valence-corrected chi connectivity index (χ1v) is 3.67. The van der Waals surface area contributed by atoms with E-state index in [4.69, 9.17) is 15.9 Å². The van der Waals surface area contributed by atoms with Gasteiger partial charge in [0, 0.05) is 6.20 Å². The smallest absolute Gasteiger partial charge is 0.148 e. The highest BCUT2D eigenvalue weighted by Crippen LogP contribution is 2.14. The molecule has 4 heteroatoms. The second kappa shape index (κ2) is 3.71. The number of aromatic nitrogens is 1. The van der Waals surface area contributed by atoms with Crippen LogP contribution in [0.3, 0.4) is 0 Å². The van der Waals surface area contributed by atoms with E-state index >= 15 is 0 Å². The Labute approximate surface area is 70.9 Å². The first-order chi connectivity index (χ1) is 5.75. The highest BCUT2D eigenvalue weighted by Gasteiger charge is 2.04. The summed E-state index contributed by atoms with van der Waals surface area (Å²) in [4.78, 5) is 3.87. The summed E-state index contributed by atoms with van der Waals surface area (Å²) >= 11 is 0. The zero-order chi connectivity index (χ0) is 8.97. The Morgan fingerprint density at radius 2 is 2.50 bits per heavy atom. The highest BCUT2D eigenvalue weighted by atomic mass is 16.5. The average molecular weight is 165 g/mol. The van der Waals surface area contributed by atoms with Crippen LogP contribution in [-0.4, -0.2) is 17.4 Å². The van der Waals surface area contributed by atoms with Crippen molar-refractivity contribution in [1.82, 2.24) is 4.98 Å². The fraction of sp³-hybridized carbons (Fsp3) is 0.250. The minimum atomic E-state index is 0.000787. The Morgan fingerprint density at radius 1 is 1.75 bits per heavy atom. The van der Waals surface area contributed by atoms with Crippen molar-refractivity contribution in [3.05, 3.63) is 24.0 Å². The molecule has 64 valence electrons. The van der Waals surface area contributed by atoms with Crippen molar-refractivity contribution >= 4 is 5.84 Å². The quantitative estimate of drug-likeness (QED) is 0.513. The van der Waals surface area contributed by atoms with E-state index in [-0.39, 0.29) is 5.84 Å². The molecule has 0 saturated carbocycles. The van der Waals surface area contributed by atoms with Crippen LogP contribution in [0.15, 0.2) is 18.5 Å². The second-order valence-electron chi connectivity index (χ2n) is 2.22. The minimum Gasteiger partial charge on any atom is -0.491 e. The number of nitrogens with two attached hydrogens (primary N) is 1. The summed E-state index contributed by atoms with van der Waals surface area (Å²) in [5.41, 5.74) is 5.91. The number of hydrogen-bond donors (Lipinski definition) is 2. The molecule has 0 aliphatic rings. The number of nitrogens with zero attached hydrogens (tertiary/aromatic N) is 1. The largest absolute Gasteiger partial charge is 0.491 e. The molecule has 0 spiro atoms. The molecule has 1 aromatic heterocycles.